The van der Waals surface area contributed by atoms with E-state index < -0.39 is 10.0 Å². The lowest BCUT2D eigenvalue weighted by Gasteiger charge is -2.16. The summed E-state index contributed by atoms with van der Waals surface area (Å²) in [5.74, 6) is 0. The molecule has 0 aliphatic rings. The third-order valence-electron chi connectivity index (χ3n) is 2.77. The first kappa shape index (κ1) is 15.5. The van der Waals surface area contributed by atoms with Gasteiger partial charge in [-0.05, 0) is 32.0 Å². The van der Waals surface area contributed by atoms with Crippen LogP contribution in [0.1, 0.15) is 13.8 Å². The zero-order valence-corrected chi connectivity index (χ0v) is 12.8. The number of nitrogens with one attached hydrogen (secondary N) is 2. The summed E-state index contributed by atoms with van der Waals surface area (Å²) in [6.07, 6.45) is 4.91. The Labute approximate surface area is 124 Å². The minimum absolute atomic E-state index is 0.0131. The maximum atomic E-state index is 12.4. The van der Waals surface area contributed by atoms with E-state index in [4.69, 9.17) is 0 Å². The molecule has 7 nitrogen and oxygen atoms in total. The smallest absolute Gasteiger partial charge is 0.260 e. The van der Waals surface area contributed by atoms with Gasteiger partial charge in [-0.15, -0.1) is 0 Å². The second-order valence-electron chi connectivity index (χ2n) is 4.64. The molecule has 2 aromatic rings. The third kappa shape index (κ3) is 4.02. The molecule has 0 radical (unpaired) electrons. The lowest BCUT2D eigenvalue weighted by Crippen LogP contribution is -2.36. The van der Waals surface area contributed by atoms with Crippen LogP contribution < -0.4 is 10.0 Å². The SMILES string of the molecule is CCNc1cccnc1S(=O)(=O)NC(C)Cn1cccn1. The molecule has 8 heteroatoms. The molecule has 2 heterocycles. The fourth-order valence-corrected chi connectivity index (χ4v) is 3.32. The van der Waals surface area contributed by atoms with Crippen molar-refractivity contribution >= 4 is 15.7 Å². The molecule has 21 heavy (non-hydrogen) atoms. The zero-order valence-electron chi connectivity index (χ0n) is 12.0. The molecule has 0 saturated carbocycles. The van der Waals surface area contributed by atoms with Gasteiger partial charge in [0.2, 0.25) is 0 Å². The van der Waals surface area contributed by atoms with Crippen molar-refractivity contribution in [3.05, 3.63) is 36.8 Å². The van der Waals surface area contributed by atoms with Crippen molar-refractivity contribution in [3.8, 4) is 0 Å². The third-order valence-corrected chi connectivity index (χ3v) is 4.32. The Morgan fingerprint density at radius 2 is 2.14 bits per heavy atom. The van der Waals surface area contributed by atoms with Crippen molar-refractivity contribution in [2.75, 3.05) is 11.9 Å². The molecular formula is C13H19N5O2S. The molecule has 0 saturated heterocycles. The molecule has 0 spiro atoms. The lowest BCUT2D eigenvalue weighted by molar-refractivity contribution is 0.493. The van der Waals surface area contributed by atoms with Gasteiger partial charge >= 0.3 is 0 Å². The van der Waals surface area contributed by atoms with Crippen molar-refractivity contribution < 1.29 is 8.42 Å². The Balaban J connectivity index is 2.14. The molecule has 0 aliphatic heterocycles. The zero-order chi connectivity index (χ0) is 15.3. The second-order valence-corrected chi connectivity index (χ2v) is 6.27. The molecule has 0 amide bonds. The number of hydrogen-bond donors (Lipinski definition) is 2. The minimum atomic E-state index is -3.68. The number of anilines is 1. The maximum Gasteiger partial charge on any atom is 0.260 e. The summed E-state index contributed by atoms with van der Waals surface area (Å²) in [7, 11) is -3.68. The summed E-state index contributed by atoms with van der Waals surface area (Å²) >= 11 is 0. The first-order chi connectivity index (χ1) is 10.0. The molecule has 0 aromatic carbocycles. The Bertz CT molecular complexity index is 670. The molecular weight excluding hydrogens is 290 g/mol. The van der Waals surface area contributed by atoms with E-state index >= 15 is 0 Å². The van der Waals surface area contributed by atoms with Crippen LogP contribution in [0, 0.1) is 0 Å². The summed E-state index contributed by atoms with van der Waals surface area (Å²) in [6, 6.07) is 4.89. The number of hydrogen-bond acceptors (Lipinski definition) is 5. The molecule has 1 atom stereocenters. The van der Waals surface area contributed by atoms with E-state index in [-0.39, 0.29) is 11.1 Å². The van der Waals surface area contributed by atoms with Crippen LogP contribution in [0.15, 0.2) is 41.8 Å². The Morgan fingerprint density at radius 1 is 1.33 bits per heavy atom. The van der Waals surface area contributed by atoms with Crippen LogP contribution >= 0.6 is 0 Å². The van der Waals surface area contributed by atoms with E-state index in [0.717, 1.165) is 0 Å². The van der Waals surface area contributed by atoms with E-state index in [0.29, 0.717) is 18.8 Å². The Morgan fingerprint density at radius 3 is 2.81 bits per heavy atom. The first-order valence-corrected chi connectivity index (χ1v) is 8.20. The molecule has 114 valence electrons. The van der Waals surface area contributed by atoms with Crippen LogP contribution in [0.5, 0.6) is 0 Å². The van der Waals surface area contributed by atoms with Gasteiger partial charge in [0, 0.05) is 31.2 Å². The summed E-state index contributed by atoms with van der Waals surface area (Å²) in [4.78, 5) is 3.98. The van der Waals surface area contributed by atoms with E-state index in [2.05, 4.69) is 20.1 Å². The van der Waals surface area contributed by atoms with Crippen molar-refractivity contribution in [1.29, 1.82) is 0 Å². The van der Waals surface area contributed by atoms with Crippen LogP contribution in [0.25, 0.3) is 0 Å². The molecule has 2 rings (SSSR count). The van der Waals surface area contributed by atoms with Gasteiger partial charge in [-0.2, -0.15) is 5.10 Å². The maximum absolute atomic E-state index is 12.4. The average Bonchev–Trinajstić information content (AvgIpc) is 2.91. The van der Waals surface area contributed by atoms with Crippen LogP contribution in [-0.2, 0) is 16.6 Å². The van der Waals surface area contributed by atoms with Crippen LogP contribution in [0.2, 0.25) is 0 Å². The van der Waals surface area contributed by atoms with Crippen LogP contribution in [0.4, 0.5) is 5.69 Å². The highest BCUT2D eigenvalue weighted by Gasteiger charge is 2.22. The summed E-state index contributed by atoms with van der Waals surface area (Å²) in [6.45, 7) is 4.76. The molecule has 0 aliphatic carbocycles. The highest BCUT2D eigenvalue weighted by Crippen LogP contribution is 2.17. The fraction of sp³-hybridized carbons (Fsp3) is 0.385. The molecule has 2 aromatic heterocycles. The quantitative estimate of drug-likeness (QED) is 0.799. The van der Waals surface area contributed by atoms with Gasteiger partial charge in [0.15, 0.2) is 5.03 Å². The molecule has 0 bridgehead atoms. The molecule has 2 N–H and O–H groups in total. The summed E-state index contributed by atoms with van der Waals surface area (Å²) < 4.78 is 29.1. The van der Waals surface area contributed by atoms with E-state index in [1.165, 1.54) is 6.20 Å². The number of sulfonamides is 1. The van der Waals surface area contributed by atoms with Gasteiger partial charge in [0.25, 0.3) is 10.0 Å². The van der Waals surface area contributed by atoms with Gasteiger partial charge in [-0.25, -0.2) is 18.1 Å². The Hall–Kier alpha value is -1.93. The van der Waals surface area contributed by atoms with Gasteiger partial charge in [0.1, 0.15) is 0 Å². The minimum Gasteiger partial charge on any atom is -0.383 e. The van der Waals surface area contributed by atoms with Crippen molar-refractivity contribution in [1.82, 2.24) is 19.5 Å². The van der Waals surface area contributed by atoms with Crippen molar-refractivity contribution in [2.24, 2.45) is 0 Å². The van der Waals surface area contributed by atoms with E-state index in [9.17, 15) is 8.42 Å². The normalized spacial score (nSPS) is 13.0. The molecule has 0 fully saturated rings. The number of rotatable bonds is 7. The first-order valence-electron chi connectivity index (χ1n) is 6.71. The van der Waals surface area contributed by atoms with Gasteiger partial charge in [-0.3, -0.25) is 4.68 Å². The van der Waals surface area contributed by atoms with Gasteiger partial charge in [-0.1, -0.05) is 0 Å². The van der Waals surface area contributed by atoms with E-state index in [1.807, 2.05) is 6.92 Å². The fourth-order valence-electron chi connectivity index (χ4n) is 1.98. The van der Waals surface area contributed by atoms with Crippen molar-refractivity contribution in [3.63, 3.8) is 0 Å². The summed E-state index contributed by atoms with van der Waals surface area (Å²) in [5.41, 5.74) is 0.499. The predicted octanol–water partition coefficient (Wildman–Crippen LogP) is 1.08. The Kier molecular flexibility index (Phi) is 4.92. The summed E-state index contributed by atoms with van der Waals surface area (Å²) in [5, 5.41) is 7.07. The highest BCUT2D eigenvalue weighted by atomic mass is 32.2. The monoisotopic (exact) mass is 309 g/mol. The second kappa shape index (κ2) is 6.68. The van der Waals surface area contributed by atoms with Gasteiger partial charge in [0.05, 0.1) is 12.2 Å². The highest BCUT2D eigenvalue weighted by molar-refractivity contribution is 7.89. The van der Waals surface area contributed by atoms with E-state index in [1.54, 1.807) is 42.2 Å². The standard InChI is InChI=1S/C13H19N5O2S/c1-3-14-12-6-4-7-15-13(12)21(19,20)17-11(2)10-18-9-5-8-16-18/h4-9,11,14,17H,3,10H2,1-2H3. The average molecular weight is 309 g/mol. The van der Waals surface area contributed by atoms with Crippen molar-refractivity contribution in [2.45, 2.75) is 31.5 Å². The number of pyridine rings is 1. The largest absolute Gasteiger partial charge is 0.383 e. The van der Waals surface area contributed by atoms with Gasteiger partial charge < -0.3 is 5.32 Å². The predicted molar refractivity (Wildman–Crippen MR) is 80.4 cm³/mol. The van der Waals surface area contributed by atoms with Crippen LogP contribution in [0.3, 0.4) is 0 Å². The number of aromatic nitrogens is 3. The lowest BCUT2D eigenvalue weighted by atomic mass is 10.4. The topological polar surface area (TPSA) is 88.9 Å². The molecule has 1 unspecified atom stereocenters. The van der Waals surface area contributed by atoms with Crippen LogP contribution in [-0.4, -0.2) is 35.8 Å². The number of nitrogens with zero attached hydrogens (tertiary/aromatic N) is 3.